The Morgan fingerprint density at radius 2 is 1.91 bits per heavy atom. The van der Waals surface area contributed by atoms with Crippen LogP contribution in [0.5, 0.6) is 5.75 Å². The Kier molecular flexibility index (Phi) is 7.36. The van der Waals surface area contributed by atoms with Gasteiger partial charge in [-0.15, -0.1) is 0 Å². The van der Waals surface area contributed by atoms with Gasteiger partial charge in [-0.05, 0) is 45.7 Å². The summed E-state index contributed by atoms with van der Waals surface area (Å²) in [6.45, 7) is 13.4. The molecule has 2 N–H and O–H groups in total. The number of rotatable bonds is 7. The van der Waals surface area contributed by atoms with Crippen molar-refractivity contribution in [3.8, 4) is 5.75 Å². The van der Waals surface area contributed by atoms with E-state index in [-0.39, 0.29) is 0 Å². The van der Waals surface area contributed by atoms with Gasteiger partial charge in [0.2, 0.25) is 0 Å². The molecule has 0 saturated heterocycles. The molecular weight excluding hydrogens is 292 g/mol. The monoisotopic (exact) mass is 322 g/mol. The van der Waals surface area contributed by atoms with Crippen molar-refractivity contribution in [1.82, 2.24) is 5.32 Å². The van der Waals surface area contributed by atoms with E-state index >= 15 is 0 Å². The first-order valence-electron chi connectivity index (χ1n) is 8.13. The van der Waals surface area contributed by atoms with E-state index < -0.39 is 11.7 Å². The van der Waals surface area contributed by atoms with E-state index in [0.29, 0.717) is 24.3 Å². The average Bonchev–Trinajstić information content (AvgIpc) is 2.41. The molecule has 1 aromatic rings. The number of hydrogen-bond donors (Lipinski definition) is 2. The lowest BCUT2D eigenvalue weighted by atomic mass is 10.1. The molecule has 5 heteroatoms. The first kappa shape index (κ1) is 19.3. The van der Waals surface area contributed by atoms with Gasteiger partial charge in [-0.3, -0.25) is 5.32 Å². The Hall–Kier alpha value is -1.75. The maximum atomic E-state index is 11.8. The van der Waals surface area contributed by atoms with Crippen molar-refractivity contribution in [2.45, 2.75) is 53.2 Å². The van der Waals surface area contributed by atoms with E-state index in [1.165, 1.54) is 0 Å². The largest absolute Gasteiger partial charge is 0.492 e. The Bertz CT molecular complexity index is 495. The molecule has 1 rings (SSSR count). The van der Waals surface area contributed by atoms with Crippen molar-refractivity contribution >= 4 is 11.8 Å². The minimum absolute atomic E-state index is 0.457. The summed E-state index contributed by atoms with van der Waals surface area (Å²) in [7, 11) is 0. The lowest BCUT2D eigenvalue weighted by Gasteiger charge is -2.20. The number of carbonyl (C=O) groups is 1. The summed E-state index contributed by atoms with van der Waals surface area (Å²) >= 11 is 0. The highest BCUT2D eigenvalue weighted by molar-refractivity contribution is 5.85. The smallest absolute Gasteiger partial charge is 0.412 e. The molecule has 1 unspecified atom stereocenters. The number of amides is 1. The van der Waals surface area contributed by atoms with Crippen LogP contribution in [0.3, 0.4) is 0 Å². The molecule has 1 atom stereocenters. The van der Waals surface area contributed by atoms with E-state index in [2.05, 4.69) is 31.4 Å². The van der Waals surface area contributed by atoms with Crippen molar-refractivity contribution in [2.75, 3.05) is 18.5 Å². The fourth-order valence-electron chi connectivity index (χ4n) is 1.78. The second kappa shape index (κ2) is 8.77. The maximum Gasteiger partial charge on any atom is 0.412 e. The lowest BCUT2D eigenvalue weighted by molar-refractivity contribution is 0.0636. The predicted octanol–water partition coefficient (Wildman–Crippen LogP) is 4.05. The molecular formula is C18H30N2O3. The van der Waals surface area contributed by atoms with Crippen LogP contribution in [0, 0.1) is 5.92 Å². The van der Waals surface area contributed by atoms with Crippen LogP contribution < -0.4 is 15.4 Å². The normalized spacial score (nSPS) is 12.8. The van der Waals surface area contributed by atoms with E-state index in [9.17, 15) is 4.79 Å². The van der Waals surface area contributed by atoms with Gasteiger partial charge in [0, 0.05) is 24.3 Å². The molecule has 23 heavy (non-hydrogen) atoms. The van der Waals surface area contributed by atoms with Gasteiger partial charge in [-0.1, -0.05) is 19.9 Å². The van der Waals surface area contributed by atoms with Gasteiger partial charge in [0.15, 0.2) is 0 Å². The molecule has 0 radical (unpaired) electrons. The van der Waals surface area contributed by atoms with Crippen molar-refractivity contribution in [3.63, 3.8) is 0 Å². The number of hydrogen-bond acceptors (Lipinski definition) is 4. The number of anilines is 1. The van der Waals surface area contributed by atoms with Gasteiger partial charge in [-0.25, -0.2) is 4.79 Å². The van der Waals surface area contributed by atoms with Gasteiger partial charge in [0.25, 0.3) is 0 Å². The quantitative estimate of drug-likeness (QED) is 0.744. The van der Waals surface area contributed by atoms with Crippen molar-refractivity contribution in [2.24, 2.45) is 5.92 Å². The van der Waals surface area contributed by atoms with Gasteiger partial charge in [0.1, 0.15) is 18.0 Å². The number of benzene rings is 1. The zero-order valence-electron chi connectivity index (χ0n) is 15.1. The second-order valence-corrected chi connectivity index (χ2v) is 6.99. The third kappa shape index (κ3) is 8.45. The summed E-state index contributed by atoms with van der Waals surface area (Å²) in [6.07, 6.45) is -0.470. The van der Waals surface area contributed by atoms with Crippen molar-refractivity contribution < 1.29 is 14.3 Å². The molecule has 1 amide bonds. The first-order chi connectivity index (χ1) is 10.7. The molecule has 0 spiro atoms. The van der Waals surface area contributed by atoms with Gasteiger partial charge >= 0.3 is 6.09 Å². The van der Waals surface area contributed by atoms with Crippen LogP contribution in [0.4, 0.5) is 10.5 Å². The summed E-state index contributed by atoms with van der Waals surface area (Å²) in [5, 5.41) is 6.12. The molecule has 0 saturated carbocycles. The molecule has 0 bridgehead atoms. The molecule has 1 aromatic carbocycles. The molecule has 0 aliphatic heterocycles. The van der Waals surface area contributed by atoms with Crippen LogP contribution >= 0.6 is 0 Å². The summed E-state index contributed by atoms with van der Waals surface area (Å²) < 4.78 is 10.9. The van der Waals surface area contributed by atoms with Crippen LogP contribution in [0.15, 0.2) is 24.3 Å². The van der Waals surface area contributed by atoms with Crippen LogP contribution in [0.2, 0.25) is 0 Å². The molecule has 5 nitrogen and oxygen atoms in total. The fraction of sp³-hybridized carbons (Fsp3) is 0.611. The first-order valence-corrected chi connectivity index (χ1v) is 8.13. The Morgan fingerprint density at radius 1 is 1.22 bits per heavy atom. The zero-order chi connectivity index (χ0) is 17.5. The van der Waals surface area contributed by atoms with E-state index in [1.54, 1.807) is 12.1 Å². The second-order valence-electron chi connectivity index (χ2n) is 6.99. The predicted molar refractivity (Wildman–Crippen MR) is 94.1 cm³/mol. The Balaban J connectivity index is 2.43. The molecule has 0 heterocycles. The SMILES string of the molecule is CC(C)C(C)NCCOc1cccc(NC(=O)OC(C)(C)C)c1. The highest BCUT2D eigenvalue weighted by Crippen LogP contribution is 2.18. The minimum atomic E-state index is -0.517. The van der Waals surface area contributed by atoms with Gasteiger partial charge < -0.3 is 14.8 Å². The summed E-state index contributed by atoms with van der Waals surface area (Å²) in [5.74, 6) is 1.31. The Morgan fingerprint density at radius 3 is 2.52 bits per heavy atom. The minimum Gasteiger partial charge on any atom is -0.492 e. The summed E-state index contributed by atoms with van der Waals surface area (Å²) in [6, 6.07) is 7.75. The van der Waals surface area contributed by atoms with Crippen LogP contribution in [-0.2, 0) is 4.74 Å². The zero-order valence-corrected chi connectivity index (χ0v) is 15.1. The maximum absolute atomic E-state index is 11.8. The summed E-state index contributed by atoms with van der Waals surface area (Å²) in [5.41, 5.74) is 0.136. The van der Waals surface area contributed by atoms with E-state index in [0.717, 1.165) is 12.3 Å². The summed E-state index contributed by atoms with van der Waals surface area (Å²) in [4.78, 5) is 11.8. The van der Waals surface area contributed by atoms with Crippen LogP contribution in [0.25, 0.3) is 0 Å². The van der Waals surface area contributed by atoms with E-state index in [4.69, 9.17) is 9.47 Å². The number of ether oxygens (including phenoxy) is 2. The average molecular weight is 322 g/mol. The molecule has 130 valence electrons. The molecule has 0 aliphatic rings. The highest BCUT2D eigenvalue weighted by atomic mass is 16.6. The molecule has 0 aromatic heterocycles. The van der Waals surface area contributed by atoms with E-state index in [1.807, 2.05) is 32.9 Å². The van der Waals surface area contributed by atoms with Crippen molar-refractivity contribution in [1.29, 1.82) is 0 Å². The van der Waals surface area contributed by atoms with Gasteiger partial charge in [0.05, 0.1) is 0 Å². The standard InChI is InChI=1S/C18H30N2O3/c1-13(2)14(3)19-10-11-22-16-9-7-8-15(12-16)20-17(21)23-18(4,5)6/h7-9,12-14,19H,10-11H2,1-6H3,(H,20,21). The molecule has 0 aliphatic carbocycles. The third-order valence-electron chi connectivity index (χ3n) is 3.32. The highest BCUT2D eigenvalue weighted by Gasteiger charge is 2.16. The van der Waals surface area contributed by atoms with Crippen LogP contribution in [0.1, 0.15) is 41.5 Å². The third-order valence-corrected chi connectivity index (χ3v) is 3.32. The number of carbonyl (C=O) groups excluding carboxylic acids is 1. The lowest BCUT2D eigenvalue weighted by Crippen LogP contribution is -2.33. The van der Waals surface area contributed by atoms with Crippen LogP contribution in [-0.4, -0.2) is 30.9 Å². The topological polar surface area (TPSA) is 59.6 Å². The van der Waals surface area contributed by atoms with Gasteiger partial charge in [-0.2, -0.15) is 0 Å². The molecule has 0 fully saturated rings. The fourth-order valence-corrected chi connectivity index (χ4v) is 1.78. The number of nitrogens with one attached hydrogen (secondary N) is 2. The Labute approximate surface area is 139 Å². The van der Waals surface area contributed by atoms with Crippen molar-refractivity contribution in [3.05, 3.63) is 24.3 Å².